The third kappa shape index (κ3) is 3.22. The highest BCUT2D eigenvalue weighted by atomic mass is 16.4. The Morgan fingerprint density at radius 1 is 1.24 bits per heavy atom. The maximum absolute atomic E-state index is 10.6. The minimum atomic E-state index is -0.689. The Hall–Kier alpha value is -1.51. The first-order valence-corrected chi connectivity index (χ1v) is 6.16. The van der Waals surface area contributed by atoms with Crippen molar-refractivity contribution >= 4 is 5.97 Å². The quantitative estimate of drug-likeness (QED) is 0.844. The summed E-state index contributed by atoms with van der Waals surface area (Å²) in [5.74, 6) is 0.439. The van der Waals surface area contributed by atoms with Gasteiger partial charge in [0.2, 0.25) is 0 Å². The van der Waals surface area contributed by atoms with E-state index in [0.29, 0.717) is 24.0 Å². The molecule has 0 saturated heterocycles. The van der Waals surface area contributed by atoms with Crippen molar-refractivity contribution in [1.82, 2.24) is 0 Å². The van der Waals surface area contributed by atoms with E-state index < -0.39 is 5.97 Å². The third-order valence-electron chi connectivity index (χ3n) is 3.65. The monoisotopic (exact) mass is 234 g/mol. The maximum atomic E-state index is 10.6. The zero-order valence-corrected chi connectivity index (χ0v) is 9.80. The standard InChI is InChI=1S/C14H18O3/c15-13-3-1-2-12(9-13)11-6-4-10(5-7-11)8-14(16)17/h1-3,9-11,15H,4-8H2,(H,16,17). The summed E-state index contributed by atoms with van der Waals surface area (Å²) in [7, 11) is 0. The summed E-state index contributed by atoms with van der Waals surface area (Å²) in [5, 5.41) is 18.2. The van der Waals surface area contributed by atoms with Gasteiger partial charge in [-0.05, 0) is 55.2 Å². The second-order valence-corrected chi connectivity index (χ2v) is 4.91. The van der Waals surface area contributed by atoms with Crippen LogP contribution in [0.1, 0.15) is 43.6 Å². The number of carboxylic acids is 1. The molecule has 1 aliphatic carbocycles. The Bertz CT molecular complexity index is 392. The molecule has 0 radical (unpaired) electrons. The lowest BCUT2D eigenvalue weighted by molar-refractivity contribution is -0.138. The van der Waals surface area contributed by atoms with E-state index in [-0.39, 0.29) is 0 Å². The van der Waals surface area contributed by atoms with Gasteiger partial charge in [-0.3, -0.25) is 4.79 Å². The summed E-state index contributed by atoms with van der Waals surface area (Å²) >= 11 is 0. The zero-order valence-electron chi connectivity index (χ0n) is 9.80. The fourth-order valence-corrected chi connectivity index (χ4v) is 2.73. The van der Waals surface area contributed by atoms with E-state index in [2.05, 4.69) is 0 Å². The first kappa shape index (κ1) is 12.0. The SMILES string of the molecule is O=C(O)CC1CCC(c2cccc(O)c2)CC1. The smallest absolute Gasteiger partial charge is 0.303 e. The molecule has 0 aliphatic heterocycles. The molecular weight excluding hydrogens is 216 g/mol. The van der Waals surface area contributed by atoms with E-state index in [4.69, 9.17) is 5.11 Å². The molecule has 0 unspecified atom stereocenters. The Kier molecular flexibility index (Phi) is 3.67. The van der Waals surface area contributed by atoms with Gasteiger partial charge in [0.05, 0.1) is 0 Å². The van der Waals surface area contributed by atoms with Crippen molar-refractivity contribution in [3.8, 4) is 5.75 Å². The van der Waals surface area contributed by atoms with Crippen molar-refractivity contribution in [3.63, 3.8) is 0 Å². The first-order valence-electron chi connectivity index (χ1n) is 6.16. The Morgan fingerprint density at radius 3 is 2.53 bits per heavy atom. The minimum absolute atomic E-state index is 0.298. The predicted molar refractivity (Wildman–Crippen MR) is 65.1 cm³/mol. The molecule has 0 spiro atoms. The molecule has 1 saturated carbocycles. The Balaban J connectivity index is 1.93. The van der Waals surface area contributed by atoms with Gasteiger partial charge in [-0.2, -0.15) is 0 Å². The van der Waals surface area contributed by atoms with Gasteiger partial charge in [-0.1, -0.05) is 12.1 Å². The number of benzene rings is 1. The van der Waals surface area contributed by atoms with Crippen molar-refractivity contribution in [1.29, 1.82) is 0 Å². The molecule has 0 atom stereocenters. The summed E-state index contributed by atoms with van der Waals surface area (Å²) in [4.78, 5) is 10.6. The number of rotatable bonds is 3. The van der Waals surface area contributed by atoms with E-state index in [0.717, 1.165) is 25.7 Å². The van der Waals surface area contributed by atoms with E-state index in [1.165, 1.54) is 5.56 Å². The molecule has 0 aromatic heterocycles. The van der Waals surface area contributed by atoms with Crippen LogP contribution >= 0.6 is 0 Å². The van der Waals surface area contributed by atoms with E-state index in [1.54, 1.807) is 6.07 Å². The van der Waals surface area contributed by atoms with Crippen molar-refractivity contribution in [3.05, 3.63) is 29.8 Å². The van der Waals surface area contributed by atoms with Crippen LogP contribution in [0.25, 0.3) is 0 Å². The van der Waals surface area contributed by atoms with Gasteiger partial charge in [-0.25, -0.2) is 0 Å². The normalized spacial score (nSPS) is 24.5. The summed E-state index contributed by atoms with van der Waals surface area (Å²) in [6, 6.07) is 7.41. The van der Waals surface area contributed by atoms with Crippen molar-refractivity contribution in [2.24, 2.45) is 5.92 Å². The predicted octanol–water partition coefficient (Wildman–Crippen LogP) is 3.14. The fourth-order valence-electron chi connectivity index (χ4n) is 2.73. The molecule has 0 heterocycles. The van der Waals surface area contributed by atoms with Crippen LogP contribution in [0.5, 0.6) is 5.75 Å². The average molecular weight is 234 g/mol. The lowest BCUT2D eigenvalue weighted by Gasteiger charge is -2.27. The minimum Gasteiger partial charge on any atom is -0.508 e. The van der Waals surface area contributed by atoms with Gasteiger partial charge < -0.3 is 10.2 Å². The Labute approximate surface area is 101 Å². The van der Waals surface area contributed by atoms with E-state index in [9.17, 15) is 9.90 Å². The molecule has 0 amide bonds. The molecule has 3 heteroatoms. The number of carbonyl (C=O) groups is 1. The van der Waals surface area contributed by atoms with Crippen molar-refractivity contribution < 1.29 is 15.0 Å². The van der Waals surface area contributed by atoms with Crippen LogP contribution in [0.4, 0.5) is 0 Å². The summed E-state index contributed by atoms with van der Waals surface area (Å²) in [6.45, 7) is 0. The number of aliphatic carboxylic acids is 1. The van der Waals surface area contributed by atoms with Crippen LogP contribution in [-0.4, -0.2) is 16.2 Å². The van der Waals surface area contributed by atoms with E-state index >= 15 is 0 Å². The molecule has 92 valence electrons. The number of hydrogen-bond donors (Lipinski definition) is 2. The second-order valence-electron chi connectivity index (χ2n) is 4.91. The molecule has 1 aromatic carbocycles. The molecular formula is C14H18O3. The van der Waals surface area contributed by atoms with E-state index in [1.807, 2.05) is 18.2 Å². The number of carboxylic acid groups (broad SMARTS) is 1. The third-order valence-corrected chi connectivity index (χ3v) is 3.65. The molecule has 2 rings (SSSR count). The van der Waals surface area contributed by atoms with Crippen LogP contribution < -0.4 is 0 Å². The van der Waals surface area contributed by atoms with Gasteiger partial charge >= 0.3 is 5.97 Å². The lowest BCUT2D eigenvalue weighted by atomic mass is 9.77. The maximum Gasteiger partial charge on any atom is 0.303 e. The van der Waals surface area contributed by atoms with Crippen LogP contribution in [0.3, 0.4) is 0 Å². The fraction of sp³-hybridized carbons (Fsp3) is 0.500. The van der Waals surface area contributed by atoms with Crippen LogP contribution in [0.2, 0.25) is 0 Å². The number of aromatic hydroxyl groups is 1. The van der Waals surface area contributed by atoms with Gasteiger partial charge in [-0.15, -0.1) is 0 Å². The molecule has 3 nitrogen and oxygen atoms in total. The number of phenolic OH excluding ortho intramolecular Hbond substituents is 1. The summed E-state index contributed by atoms with van der Waals surface area (Å²) in [6.07, 6.45) is 4.31. The second kappa shape index (κ2) is 5.21. The summed E-state index contributed by atoms with van der Waals surface area (Å²) in [5.41, 5.74) is 1.18. The number of phenols is 1. The summed E-state index contributed by atoms with van der Waals surface area (Å²) < 4.78 is 0. The van der Waals surface area contributed by atoms with Gasteiger partial charge in [0.1, 0.15) is 5.75 Å². The molecule has 1 aromatic rings. The highest BCUT2D eigenvalue weighted by Crippen LogP contribution is 2.37. The van der Waals surface area contributed by atoms with Crippen molar-refractivity contribution in [2.75, 3.05) is 0 Å². The molecule has 17 heavy (non-hydrogen) atoms. The largest absolute Gasteiger partial charge is 0.508 e. The van der Waals surface area contributed by atoms with Crippen molar-refractivity contribution in [2.45, 2.75) is 38.0 Å². The van der Waals surface area contributed by atoms with Gasteiger partial charge in [0.15, 0.2) is 0 Å². The Morgan fingerprint density at radius 2 is 1.94 bits per heavy atom. The van der Waals surface area contributed by atoms with Gasteiger partial charge in [0.25, 0.3) is 0 Å². The molecule has 1 fully saturated rings. The first-order chi connectivity index (χ1) is 8.15. The lowest BCUT2D eigenvalue weighted by Crippen LogP contribution is -2.16. The van der Waals surface area contributed by atoms with Gasteiger partial charge in [0, 0.05) is 6.42 Å². The van der Waals surface area contributed by atoms with Crippen LogP contribution in [-0.2, 0) is 4.79 Å². The molecule has 1 aliphatic rings. The number of hydrogen-bond acceptors (Lipinski definition) is 2. The average Bonchev–Trinajstić information content (AvgIpc) is 2.29. The zero-order chi connectivity index (χ0) is 12.3. The highest BCUT2D eigenvalue weighted by Gasteiger charge is 2.23. The van der Waals surface area contributed by atoms with Crippen LogP contribution in [0.15, 0.2) is 24.3 Å². The molecule has 0 bridgehead atoms. The molecule has 2 N–H and O–H groups in total. The van der Waals surface area contributed by atoms with Crippen LogP contribution in [0, 0.1) is 5.92 Å². The topological polar surface area (TPSA) is 57.5 Å². The highest BCUT2D eigenvalue weighted by molar-refractivity contribution is 5.67.